The average molecular weight is 268 g/mol. The van der Waals surface area contributed by atoms with Crippen molar-refractivity contribution >= 4 is 0 Å². The summed E-state index contributed by atoms with van der Waals surface area (Å²) in [6.45, 7) is 1.96. The van der Waals surface area contributed by atoms with Crippen LogP contribution in [0.1, 0.15) is 5.56 Å². The Balaban J connectivity index is 2.04. The van der Waals surface area contributed by atoms with Crippen molar-refractivity contribution < 1.29 is 14.7 Å². The van der Waals surface area contributed by atoms with Crippen molar-refractivity contribution in [2.75, 3.05) is 0 Å². The largest absolute Gasteiger partial charge is 0.508 e. The van der Waals surface area contributed by atoms with Gasteiger partial charge in [0.25, 0.3) is 5.89 Å². The molecule has 5 heteroatoms. The first-order valence-electron chi connectivity index (χ1n) is 6.07. The molecular weight excluding hydrogens is 256 g/mol. The highest BCUT2D eigenvalue weighted by Crippen LogP contribution is 2.32. The molecule has 0 aliphatic heterocycles. The molecule has 0 radical (unpaired) electrons. The molecule has 3 rings (SSSR count). The molecule has 0 bridgehead atoms. The molecular formula is C15H12N2O3. The molecule has 0 spiro atoms. The molecule has 0 aliphatic carbocycles. The second-order valence-electron chi connectivity index (χ2n) is 4.44. The standard InChI is InChI=1S/C15H12N2O3/c1-9-4-2-3-5-11(9)14-16-15(20-17-14)12-7-6-10(18)8-13(12)19/h2-8,18-19H,1H3. The van der Waals surface area contributed by atoms with E-state index in [1.807, 2.05) is 31.2 Å². The second kappa shape index (κ2) is 4.70. The van der Waals surface area contributed by atoms with Crippen LogP contribution in [0.3, 0.4) is 0 Å². The zero-order chi connectivity index (χ0) is 14.1. The number of aryl methyl sites for hydroxylation is 1. The van der Waals surface area contributed by atoms with Crippen LogP contribution in [-0.2, 0) is 0 Å². The molecule has 0 atom stereocenters. The molecule has 20 heavy (non-hydrogen) atoms. The van der Waals surface area contributed by atoms with Gasteiger partial charge in [0.2, 0.25) is 5.82 Å². The van der Waals surface area contributed by atoms with Gasteiger partial charge in [0.15, 0.2) is 0 Å². The normalized spacial score (nSPS) is 10.7. The van der Waals surface area contributed by atoms with E-state index in [1.54, 1.807) is 0 Å². The Labute approximate surface area is 115 Å². The van der Waals surface area contributed by atoms with Crippen LogP contribution in [0.5, 0.6) is 11.5 Å². The fourth-order valence-electron chi connectivity index (χ4n) is 1.97. The van der Waals surface area contributed by atoms with Crippen molar-refractivity contribution in [1.29, 1.82) is 0 Å². The third-order valence-electron chi connectivity index (χ3n) is 3.02. The average Bonchev–Trinajstić information content (AvgIpc) is 2.88. The third-order valence-corrected chi connectivity index (χ3v) is 3.02. The molecule has 3 aromatic rings. The van der Waals surface area contributed by atoms with E-state index < -0.39 is 0 Å². The summed E-state index contributed by atoms with van der Waals surface area (Å²) in [5.74, 6) is 0.543. The number of hydrogen-bond acceptors (Lipinski definition) is 5. The Morgan fingerprint density at radius 3 is 2.55 bits per heavy atom. The van der Waals surface area contributed by atoms with Crippen molar-refractivity contribution in [3.05, 3.63) is 48.0 Å². The minimum Gasteiger partial charge on any atom is -0.508 e. The Morgan fingerprint density at radius 2 is 1.80 bits per heavy atom. The van der Waals surface area contributed by atoms with Gasteiger partial charge in [-0.1, -0.05) is 29.4 Å². The van der Waals surface area contributed by atoms with Gasteiger partial charge in [0.05, 0.1) is 5.56 Å². The lowest BCUT2D eigenvalue weighted by Gasteiger charge is -1.99. The predicted octanol–water partition coefficient (Wildman–Crippen LogP) is 3.12. The van der Waals surface area contributed by atoms with Crippen LogP contribution in [0.25, 0.3) is 22.8 Å². The van der Waals surface area contributed by atoms with Crippen molar-refractivity contribution in [3.63, 3.8) is 0 Å². The molecule has 100 valence electrons. The zero-order valence-electron chi connectivity index (χ0n) is 10.7. The third kappa shape index (κ3) is 2.09. The number of hydrogen-bond donors (Lipinski definition) is 2. The van der Waals surface area contributed by atoms with Crippen LogP contribution >= 0.6 is 0 Å². The molecule has 0 amide bonds. The van der Waals surface area contributed by atoms with Gasteiger partial charge >= 0.3 is 0 Å². The molecule has 0 aliphatic rings. The molecule has 0 saturated carbocycles. The molecule has 0 fully saturated rings. The van der Waals surface area contributed by atoms with Crippen LogP contribution < -0.4 is 0 Å². The molecule has 0 saturated heterocycles. The summed E-state index contributed by atoms with van der Waals surface area (Å²) in [6, 6.07) is 11.9. The van der Waals surface area contributed by atoms with E-state index in [1.165, 1.54) is 18.2 Å². The smallest absolute Gasteiger partial charge is 0.262 e. The second-order valence-corrected chi connectivity index (χ2v) is 4.44. The van der Waals surface area contributed by atoms with Gasteiger partial charge in [-0.15, -0.1) is 0 Å². The van der Waals surface area contributed by atoms with E-state index >= 15 is 0 Å². The van der Waals surface area contributed by atoms with Gasteiger partial charge in [-0.25, -0.2) is 0 Å². The topological polar surface area (TPSA) is 79.4 Å². The van der Waals surface area contributed by atoms with Crippen molar-refractivity contribution in [2.24, 2.45) is 0 Å². The fourth-order valence-corrected chi connectivity index (χ4v) is 1.97. The Morgan fingerprint density at radius 1 is 1.00 bits per heavy atom. The maximum absolute atomic E-state index is 9.79. The highest BCUT2D eigenvalue weighted by Gasteiger charge is 2.15. The van der Waals surface area contributed by atoms with Gasteiger partial charge < -0.3 is 14.7 Å². The zero-order valence-corrected chi connectivity index (χ0v) is 10.7. The number of aromatic hydroxyl groups is 2. The van der Waals surface area contributed by atoms with Crippen LogP contribution in [0.15, 0.2) is 47.0 Å². The van der Waals surface area contributed by atoms with E-state index in [0.717, 1.165) is 11.1 Å². The minimum absolute atomic E-state index is 0.0232. The lowest BCUT2D eigenvalue weighted by molar-refractivity contribution is 0.423. The molecule has 5 nitrogen and oxygen atoms in total. The highest BCUT2D eigenvalue weighted by atomic mass is 16.5. The molecule has 2 aromatic carbocycles. The first-order valence-corrected chi connectivity index (χ1v) is 6.07. The van der Waals surface area contributed by atoms with E-state index in [9.17, 15) is 10.2 Å². The summed E-state index contributed by atoms with van der Waals surface area (Å²) >= 11 is 0. The van der Waals surface area contributed by atoms with Gasteiger partial charge in [-0.05, 0) is 24.6 Å². The Kier molecular flexibility index (Phi) is 2.87. The van der Waals surface area contributed by atoms with Gasteiger partial charge in [-0.2, -0.15) is 4.98 Å². The van der Waals surface area contributed by atoms with Crippen molar-refractivity contribution in [1.82, 2.24) is 10.1 Å². The minimum atomic E-state index is -0.106. The first kappa shape index (κ1) is 12.2. The number of benzene rings is 2. The van der Waals surface area contributed by atoms with Crippen LogP contribution in [-0.4, -0.2) is 20.4 Å². The van der Waals surface area contributed by atoms with E-state index in [2.05, 4.69) is 10.1 Å². The summed E-state index contributed by atoms with van der Waals surface area (Å²) in [6.07, 6.45) is 0. The summed E-state index contributed by atoms with van der Waals surface area (Å²) in [7, 11) is 0. The van der Waals surface area contributed by atoms with E-state index in [4.69, 9.17) is 4.52 Å². The summed E-state index contributed by atoms with van der Waals surface area (Å²) in [5.41, 5.74) is 2.30. The summed E-state index contributed by atoms with van der Waals surface area (Å²) in [4.78, 5) is 4.28. The first-order chi connectivity index (χ1) is 9.65. The lowest BCUT2D eigenvalue weighted by Crippen LogP contribution is -1.85. The molecule has 1 aromatic heterocycles. The fraction of sp³-hybridized carbons (Fsp3) is 0.0667. The van der Waals surface area contributed by atoms with Crippen LogP contribution in [0.4, 0.5) is 0 Å². The molecule has 2 N–H and O–H groups in total. The maximum Gasteiger partial charge on any atom is 0.262 e. The van der Waals surface area contributed by atoms with Gasteiger partial charge in [0, 0.05) is 11.6 Å². The predicted molar refractivity (Wildman–Crippen MR) is 73.2 cm³/mol. The number of rotatable bonds is 2. The Bertz CT molecular complexity index is 765. The molecule has 1 heterocycles. The number of phenolic OH excluding ortho intramolecular Hbond substituents is 2. The van der Waals surface area contributed by atoms with Crippen molar-refractivity contribution in [2.45, 2.75) is 6.92 Å². The molecule has 0 unspecified atom stereocenters. The Hall–Kier alpha value is -2.82. The number of aromatic nitrogens is 2. The number of nitrogens with zero attached hydrogens (tertiary/aromatic N) is 2. The van der Waals surface area contributed by atoms with E-state index in [0.29, 0.717) is 11.4 Å². The highest BCUT2D eigenvalue weighted by molar-refractivity contribution is 5.67. The van der Waals surface area contributed by atoms with Crippen LogP contribution in [0.2, 0.25) is 0 Å². The van der Waals surface area contributed by atoms with Gasteiger partial charge in [0.1, 0.15) is 11.5 Å². The maximum atomic E-state index is 9.79. The van der Waals surface area contributed by atoms with Gasteiger partial charge in [-0.3, -0.25) is 0 Å². The van der Waals surface area contributed by atoms with Crippen molar-refractivity contribution in [3.8, 4) is 34.3 Å². The van der Waals surface area contributed by atoms with Crippen LogP contribution in [0, 0.1) is 6.92 Å². The lowest BCUT2D eigenvalue weighted by atomic mass is 10.1. The quantitative estimate of drug-likeness (QED) is 0.746. The number of phenols is 2. The SMILES string of the molecule is Cc1ccccc1-c1noc(-c2ccc(O)cc2O)n1. The monoisotopic (exact) mass is 268 g/mol. The summed E-state index contributed by atoms with van der Waals surface area (Å²) in [5, 5.41) is 23.0. The summed E-state index contributed by atoms with van der Waals surface area (Å²) < 4.78 is 5.18. The van der Waals surface area contributed by atoms with E-state index in [-0.39, 0.29) is 17.4 Å².